The van der Waals surface area contributed by atoms with Gasteiger partial charge >= 0.3 is 0 Å². The maximum absolute atomic E-state index is 13.7. The van der Waals surface area contributed by atoms with E-state index in [1.807, 2.05) is 42.5 Å². The molecule has 3 aromatic carbocycles. The Balaban J connectivity index is 0.00000264. The number of halogens is 2. The van der Waals surface area contributed by atoms with E-state index in [-0.39, 0.29) is 24.3 Å². The van der Waals surface area contributed by atoms with Crippen LogP contribution in [0.1, 0.15) is 42.3 Å². The zero-order chi connectivity index (χ0) is 25.0. The number of hydrogen-bond acceptors (Lipinski definition) is 4. The minimum absolute atomic E-state index is 0. The number of quaternary nitrogens is 1. The van der Waals surface area contributed by atoms with Crippen LogP contribution in [0.15, 0.2) is 83.4 Å². The standard InChI is InChI=1S/C31H30FN2O3.ClH/c1-31(25-9-2-4-11-27(25)36-28-12-5-3-10-26(28)31)30-18-24(37-33-30)19-34-15-13-21(14-16-34)29(20-34)35-23-8-6-7-22(32)17-23;/h2-12,17-18,21,29H,13-16,19-20H2,1H3;1H/q+1;/p-1/t21?,29-,34?;/m0./s1. The van der Waals surface area contributed by atoms with E-state index in [4.69, 9.17) is 14.0 Å². The second-order valence-electron chi connectivity index (χ2n) is 11.0. The second kappa shape index (κ2) is 9.44. The molecule has 4 aromatic rings. The molecule has 2 bridgehead atoms. The van der Waals surface area contributed by atoms with Gasteiger partial charge in [0.15, 0.2) is 11.9 Å². The smallest absolute Gasteiger partial charge is 0.191 e. The van der Waals surface area contributed by atoms with Crippen LogP contribution in [0, 0.1) is 11.7 Å². The summed E-state index contributed by atoms with van der Waals surface area (Å²) >= 11 is 0. The molecule has 1 aromatic heterocycles. The molecular formula is C31H30ClFN2O3. The summed E-state index contributed by atoms with van der Waals surface area (Å²) in [6, 6.07) is 25.0. The summed E-state index contributed by atoms with van der Waals surface area (Å²) in [7, 11) is 0. The maximum atomic E-state index is 13.7. The number of fused-ring (bicyclic) bond motifs is 5. The highest BCUT2D eigenvalue weighted by Crippen LogP contribution is 2.51. The maximum Gasteiger partial charge on any atom is 0.191 e. The van der Waals surface area contributed by atoms with Crippen LogP contribution in [-0.4, -0.2) is 35.4 Å². The zero-order valence-electron chi connectivity index (χ0n) is 21.3. The Morgan fingerprint density at radius 2 is 1.63 bits per heavy atom. The number of hydrogen-bond donors (Lipinski definition) is 0. The largest absolute Gasteiger partial charge is 1.00 e. The highest BCUT2D eigenvalue weighted by molar-refractivity contribution is 5.61. The first kappa shape index (κ1) is 25.0. The van der Waals surface area contributed by atoms with Gasteiger partial charge in [0.1, 0.15) is 36.2 Å². The van der Waals surface area contributed by atoms with Gasteiger partial charge in [-0.2, -0.15) is 0 Å². The highest BCUT2D eigenvalue weighted by Gasteiger charge is 2.48. The third kappa shape index (κ3) is 4.07. The van der Waals surface area contributed by atoms with E-state index in [2.05, 4.69) is 30.3 Å². The van der Waals surface area contributed by atoms with Gasteiger partial charge in [-0.25, -0.2) is 4.39 Å². The molecule has 8 rings (SSSR count). The number of aromatic nitrogens is 1. The lowest BCUT2D eigenvalue weighted by Gasteiger charge is -2.51. The van der Waals surface area contributed by atoms with Gasteiger partial charge in [0.05, 0.1) is 24.2 Å². The van der Waals surface area contributed by atoms with Gasteiger partial charge in [0.25, 0.3) is 0 Å². The average molecular weight is 533 g/mol. The van der Waals surface area contributed by atoms with Crippen molar-refractivity contribution in [3.63, 3.8) is 0 Å². The molecule has 0 aliphatic carbocycles. The minimum Gasteiger partial charge on any atom is -1.00 e. The first-order chi connectivity index (χ1) is 18.0. The van der Waals surface area contributed by atoms with Crippen LogP contribution >= 0.6 is 0 Å². The third-order valence-electron chi connectivity index (χ3n) is 8.76. The Kier molecular flexibility index (Phi) is 6.20. The lowest BCUT2D eigenvalue weighted by molar-refractivity contribution is -0.959. The monoisotopic (exact) mass is 532 g/mol. The third-order valence-corrected chi connectivity index (χ3v) is 8.76. The normalized spacial score (nSPS) is 24.5. The molecule has 0 spiro atoms. The van der Waals surface area contributed by atoms with Crippen molar-refractivity contribution in [3.8, 4) is 17.2 Å². The van der Waals surface area contributed by atoms with Crippen molar-refractivity contribution in [1.29, 1.82) is 0 Å². The molecule has 4 aliphatic heterocycles. The Labute approximate surface area is 228 Å². The van der Waals surface area contributed by atoms with E-state index >= 15 is 0 Å². The summed E-state index contributed by atoms with van der Waals surface area (Å²) < 4.78 is 33.2. The summed E-state index contributed by atoms with van der Waals surface area (Å²) in [6.07, 6.45) is 2.30. The quantitative estimate of drug-likeness (QED) is 0.369. The highest BCUT2D eigenvalue weighted by atomic mass is 35.5. The fourth-order valence-electron chi connectivity index (χ4n) is 6.72. The fourth-order valence-corrected chi connectivity index (χ4v) is 6.72. The summed E-state index contributed by atoms with van der Waals surface area (Å²) in [5.41, 5.74) is 2.58. The molecule has 0 unspecified atom stereocenters. The summed E-state index contributed by atoms with van der Waals surface area (Å²) in [5.74, 6) is 3.46. The predicted octanol–water partition coefficient (Wildman–Crippen LogP) is 3.47. The Bertz CT molecular complexity index is 1420. The van der Waals surface area contributed by atoms with Crippen LogP contribution in [0.2, 0.25) is 0 Å². The Hall–Kier alpha value is -3.35. The predicted molar refractivity (Wildman–Crippen MR) is 137 cm³/mol. The first-order valence-electron chi connectivity index (χ1n) is 13.1. The van der Waals surface area contributed by atoms with E-state index in [0.717, 1.165) is 77.6 Å². The summed E-state index contributed by atoms with van der Waals surface area (Å²) in [6.45, 7) is 6.07. The van der Waals surface area contributed by atoms with Crippen molar-refractivity contribution >= 4 is 0 Å². The molecule has 3 fully saturated rings. The van der Waals surface area contributed by atoms with E-state index in [1.165, 1.54) is 12.1 Å². The average Bonchev–Trinajstić information content (AvgIpc) is 3.38. The molecule has 1 atom stereocenters. The van der Waals surface area contributed by atoms with Crippen LogP contribution in [0.25, 0.3) is 0 Å². The SMILES string of the molecule is CC1(c2cc(C[N+]34CCC(CC3)[C@@H](Oc3cccc(F)c3)C4)on2)c2ccccc2Oc2ccccc21.[Cl-]. The van der Waals surface area contributed by atoms with Crippen LogP contribution in [0.3, 0.4) is 0 Å². The van der Waals surface area contributed by atoms with Gasteiger partial charge in [-0.1, -0.05) is 47.6 Å². The number of rotatable bonds is 5. The number of piperidine rings is 3. The van der Waals surface area contributed by atoms with Crippen molar-refractivity contribution in [1.82, 2.24) is 5.16 Å². The van der Waals surface area contributed by atoms with Gasteiger partial charge in [-0.3, -0.25) is 0 Å². The molecule has 5 nitrogen and oxygen atoms in total. The second-order valence-corrected chi connectivity index (χ2v) is 11.0. The molecule has 4 aliphatic rings. The van der Waals surface area contributed by atoms with Crippen molar-refractivity contribution in [3.05, 3.63) is 107 Å². The number of nitrogens with zero attached hydrogens (tertiary/aromatic N) is 2. The first-order valence-corrected chi connectivity index (χ1v) is 13.1. The van der Waals surface area contributed by atoms with Crippen molar-refractivity contribution in [2.75, 3.05) is 19.6 Å². The van der Waals surface area contributed by atoms with Crippen LogP contribution in [-0.2, 0) is 12.0 Å². The van der Waals surface area contributed by atoms with E-state index in [1.54, 1.807) is 6.07 Å². The van der Waals surface area contributed by atoms with Crippen molar-refractivity contribution < 1.29 is 35.3 Å². The van der Waals surface area contributed by atoms with Gasteiger partial charge < -0.3 is 30.9 Å². The van der Waals surface area contributed by atoms with Gasteiger partial charge in [-0.05, 0) is 31.2 Å². The molecule has 7 heteroatoms. The van der Waals surface area contributed by atoms with Crippen LogP contribution in [0.5, 0.6) is 17.2 Å². The zero-order valence-corrected chi connectivity index (χ0v) is 22.0. The van der Waals surface area contributed by atoms with Crippen LogP contribution in [0.4, 0.5) is 4.39 Å². The molecule has 196 valence electrons. The van der Waals surface area contributed by atoms with Crippen LogP contribution < -0.4 is 21.9 Å². The van der Waals surface area contributed by atoms with Gasteiger partial charge in [0, 0.05) is 42.0 Å². The van der Waals surface area contributed by atoms with E-state index in [0.29, 0.717) is 11.7 Å². The number of para-hydroxylation sites is 2. The molecule has 0 amide bonds. The molecule has 5 heterocycles. The molecule has 0 saturated carbocycles. The van der Waals surface area contributed by atoms with Crippen molar-refractivity contribution in [2.45, 2.75) is 37.8 Å². The summed E-state index contributed by atoms with van der Waals surface area (Å²) in [4.78, 5) is 0. The Morgan fingerprint density at radius 1 is 0.947 bits per heavy atom. The van der Waals surface area contributed by atoms with E-state index < -0.39 is 5.41 Å². The molecule has 0 N–H and O–H groups in total. The minimum atomic E-state index is -0.481. The lowest BCUT2D eigenvalue weighted by atomic mass is 9.71. The molecule has 0 radical (unpaired) electrons. The van der Waals surface area contributed by atoms with Gasteiger partial charge in [-0.15, -0.1) is 0 Å². The number of benzene rings is 3. The van der Waals surface area contributed by atoms with Crippen molar-refractivity contribution in [2.24, 2.45) is 5.92 Å². The Morgan fingerprint density at radius 3 is 2.32 bits per heavy atom. The summed E-state index contributed by atoms with van der Waals surface area (Å²) in [5, 5.41) is 4.64. The molecule has 38 heavy (non-hydrogen) atoms. The lowest BCUT2D eigenvalue weighted by Crippen LogP contribution is -3.00. The van der Waals surface area contributed by atoms with E-state index in [9.17, 15) is 4.39 Å². The molecule has 3 saturated heterocycles. The number of ether oxygens (including phenoxy) is 2. The van der Waals surface area contributed by atoms with Gasteiger partial charge in [0.2, 0.25) is 0 Å². The molecular weight excluding hydrogens is 503 g/mol. The fraction of sp³-hybridized carbons (Fsp3) is 0.323. The topological polar surface area (TPSA) is 44.5 Å².